The third-order valence-corrected chi connectivity index (χ3v) is 2.24. The summed E-state index contributed by atoms with van der Waals surface area (Å²) in [6.07, 6.45) is 2.44. The van der Waals surface area contributed by atoms with E-state index in [-0.39, 0.29) is 13.2 Å². The van der Waals surface area contributed by atoms with Crippen LogP contribution in [0, 0.1) is 0 Å². The van der Waals surface area contributed by atoms with Crippen LogP contribution in [-0.2, 0) is 4.79 Å². The Kier molecular flexibility index (Phi) is 5.69. The lowest BCUT2D eigenvalue weighted by atomic mass is 10.1. The summed E-state index contributed by atoms with van der Waals surface area (Å²) in [6, 6.07) is 3.24. The third kappa shape index (κ3) is 4.18. The van der Waals surface area contributed by atoms with E-state index in [0.717, 1.165) is 6.08 Å². The number of aliphatic hydroxyl groups excluding tert-OH is 1. The Morgan fingerprint density at radius 3 is 2.26 bits per heavy atom. The van der Waals surface area contributed by atoms with Crippen LogP contribution < -0.4 is 14.2 Å². The molecule has 104 valence electrons. The molecule has 0 saturated carbocycles. The lowest BCUT2D eigenvalue weighted by molar-refractivity contribution is -0.131. The fraction of sp³-hybridized carbons (Fsp3) is 0.308. The molecule has 1 aromatic rings. The Labute approximate surface area is 110 Å². The molecule has 0 bridgehead atoms. The molecular formula is C13H16O6. The number of carboxylic acids is 1. The van der Waals surface area contributed by atoms with Crippen molar-refractivity contribution in [2.45, 2.75) is 0 Å². The highest BCUT2D eigenvalue weighted by Crippen LogP contribution is 2.38. The Morgan fingerprint density at radius 2 is 1.84 bits per heavy atom. The normalized spacial score (nSPS) is 10.5. The fourth-order valence-electron chi connectivity index (χ4n) is 1.45. The highest BCUT2D eigenvalue weighted by Gasteiger charge is 2.13. The van der Waals surface area contributed by atoms with Crippen molar-refractivity contribution in [2.24, 2.45) is 0 Å². The van der Waals surface area contributed by atoms with E-state index in [1.807, 2.05) is 0 Å². The Hall–Kier alpha value is -2.21. The van der Waals surface area contributed by atoms with Gasteiger partial charge in [-0.3, -0.25) is 0 Å². The van der Waals surface area contributed by atoms with Gasteiger partial charge in [0.1, 0.15) is 6.61 Å². The van der Waals surface area contributed by atoms with E-state index >= 15 is 0 Å². The second-order valence-electron chi connectivity index (χ2n) is 3.50. The van der Waals surface area contributed by atoms with Crippen molar-refractivity contribution >= 4 is 12.0 Å². The zero-order valence-corrected chi connectivity index (χ0v) is 10.8. The van der Waals surface area contributed by atoms with E-state index in [0.29, 0.717) is 22.8 Å². The number of ether oxygens (including phenoxy) is 3. The first-order valence-electron chi connectivity index (χ1n) is 5.53. The number of hydrogen-bond donors (Lipinski definition) is 2. The average molecular weight is 268 g/mol. The number of carboxylic acid groups (broad SMARTS) is 1. The molecule has 2 N–H and O–H groups in total. The van der Waals surface area contributed by atoms with Crippen LogP contribution in [0.1, 0.15) is 5.56 Å². The predicted molar refractivity (Wildman–Crippen MR) is 68.8 cm³/mol. The molecule has 0 aromatic heterocycles. The van der Waals surface area contributed by atoms with Crippen LogP contribution in [0.4, 0.5) is 0 Å². The van der Waals surface area contributed by atoms with E-state index in [1.165, 1.54) is 20.3 Å². The van der Waals surface area contributed by atoms with Crippen LogP contribution in [0.25, 0.3) is 6.08 Å². The zero-order chi connectivity index (χ0) is 14.3. The smallest absolute Gasteiger partial charge is 0.328 e. The van der Waals surface area contributed by atoms with Gasteiger partial charge in [0.15, 0.2) is 11.5 Å². The first-order valence-corrected chi connectivity index (χ1v) is 5.53. The van der Waals surface area contributed by atoms with E-state index < -0.39 is 5.97 Å². The van der Waals surface area contributed by atoms with Crippen molar-refractivity contribution in [3.05, 3.63) is 23.8 Å². The van der Waals surface area contributed by atoms with Gasteiger partial charge in [-0.2, -0.15) is 0 Å². The maximum atomic E-state index is 10.5. The molecule has 0 radical (unpaired) electrons. The van der Waals surface area contributed by atoms with Crippen LogP contribution in [0.3, 0.4) is 0 Å². The SMILES string of the molecule is COc1cc(C=CC(=O)O)cc(OC)c1OCCO. The Morgan fingerprint density at radius 1 is 1.26 bits per heavy atom. The number of methoxy groups -OCH3 is 2. The van der Waals surface area contributed by atoms with Crippen molar-refractivity contribution in [1.82, 2.24) is 0 Å². The summed E-state index contributed by atoms with van der Waals surface area (Å²) in [7, 11) is 2.93. The van der Waals surface area contributed by atoms with Gasteiger partial charge in [0.25, 0.3) is 0 Å². The standard InChI is InChI=1S/C13H16O6/c1-17-10-7-9(3-4-12(15)16)8-11(18-2)13(10)19-6-5-14/h3-4,7-8,14H,5-6H2,1-2H3,(H,15,16). The van der Waals surface area contributed by atoms with E-state index in [1.54, 1.807) is 12.1 Å². The van der Waals surface area contributed by atoms with Crippen molar-refractivity contribution in [3.8, 4) is 17.2 Å². The quantitative estimate of drug-likeness (QED) is 0.722. The maximum Gasteiger partial charge on any atom is 0.328 e. The number of aliphatic hydroxyl groups is 1. The summed E-state index contributed by atoms with van der Waals surface area (Å²) in [6.45, 7) is -0.0238. The molecule has 1 aromatic carbocycles. The lowest BCUT2D eigenvalue weighted by Gasteiger charge is -2.14. The van der Waals surface area contributed by atoms with Crippen LogP contribution >= 0.6 is 0 Å². The second kappa shape index (κ2) is 7.27. The largest absolute Gasteiger partial charge is 0.493 e. The van der Waals surface area contributed by atoms with E-state index in [9.17, 15) is 4.79 Å². The molecule has 0 aliphatic heterocycles. The van der Waals surface area contributed by atoms with Crippen molar-refractivity contribution < 1.29 is 29.2 Å². The minimum absolute atomic E-state index is 0.108. The number of benzene rings is 1. The molecule has 0 amide bonds. The minimum Gasteiger partial charge on any atom is -0.493 e. The van der Waals surface area contributed by atoms with E-state index in [2.05, 4.69) is 0 Å². The number of aliphatic carboxylic acids is 1. The van der Waals surface area contributed by atoms with Gasteiger partial charge >= 0.3 is 5.97 Å². The molecule has 6 heteroatoms. The molecule has 0 spiro atoms. The molecular weight excluding hydrogens is 252 g/mol. The highest BCUT2D eigenvalue weighted by atomic mass is 16.5. The first kappa shape index (κ1) is 14.8. The molecule has 19 heavy (non-hydrogen) atoms. The first-order chi connectivity index (χ1) is 9.12. The minimum atomic E-state index is -1.04. The van der Waals surface area contributed by atoms with Crippen molar-refractivity contribution in [1.29, 1.82) is 0 Å². The number of carbonyl (C=O) groups is 1. The summed E-state index contributed by atoms with van der Waals surface area (Å²) in [4.78, 5) is 10.5. The summed E-state index contributed by atoms with van der Waals surface area (Å²) in [5.74, 6) is 0.126. The van der Waals surface area contributed by atoms with Gasteiger partial charge in [0, 0.05) is 6.08 Å². The maximum absolute atomic E-state index is 10.5. The molecule has 0 heterocycles. The third-order valence-electron chi connectivity index (χ3n) is 2.24. The van der Waals surface area contributed by atoms with Crippen molar-refractivity contribution in [2.75, 3.05) is 27.4 Å². The number of rotatable bonds is 7. The topological polar surface area (TPSA) is 85.2 Å². The predicted octanol–water partition coefficient (Wildman–Crippen LogP) is 1.17. The van der Waals surface area contributed by atoms with Gasteiger partial charge in [-0.1, -0.05) is 0 Å². The zero-order valence-electron chi connectivity index (χ0n) is 10.8. The molecule has 1 rings (SSSR count). The Balaban J connectivity index is 3.15. The summed E-state index contributed by atoms with van der Waals surface area (Å²) >= 11 is 0. The van der Waals surface area contributed by atoms with Crippen molar-refractivity contribution in [3.63, 3.8) is 0 Å². The summed E-state index contributed by atoms with van der Waals surface area (Å²) < 4.78 is 15.7. The molecule has 6 nitrogen and oxygen atoms in total. The van der Waals surface area contributed by atoms with Crippen LogP contribution in [0.15, 0.2) is 18.2 Å². The van der Waals surface area contributed by atoms with Gasteiger partial charge in [-0.25, -0.2) is 4.79 Å². The summed E-state index contributed by atoms with van der Waals surface area (Å²) in [5, 5.41) is 17.4. The Bertz CT molecular complexity index is 441. The van der Waals surface area contributed by atoms with Gasteiger partial charge in [0.2, 0.25) is 5.75 Å². The monoisotopic (exact) mass is 268 g/mol. The average Bonchev–Trinajstić information content (AvgIpc) is 2.42. The lowest BCUT2D eigenvalue weighted by Crippen LogP contribution is -2.05. The highest BCUT2D eigenvalue weighted by molar-refractivity contribution is 5.85. The van der Waals surface area contributed by atoms with Gasteiger partial charge in [0.05, 0.1) is 20.8 Å². The molecule has 0 aliphatic carbocycles. The van der Waals surface area contributed by atoms with E-state index in [4.69, 9.17) is 24.4 Å². The molecule has 0 atom stereocenters. The second-order valence-corrected chi connectivity index (χ2v) is 3.50. The molecule has 0 fully saturated rings. The fourth-order valence-corrected chi connectivity index (χ4v) is 1.45. The molecule has 0 saturated heterocycles. The van der Waals surface area contributed by atoms with Crippen LogP contribution in [-0.4, -0.2) is 43.6 Å². The number of hydrogen-bond acceptors (Lipinski definition) is 5. The van der Waals surface area contributed by atoms with Gasteiger partial charge < -0.3 is 24.4 Å². The van der Waals surface area contributed by atoms with Gasteiger partial charge in [-0.05, 0) is 23.8 Å². The van der Waals surface area contributed by atoms with Gasteiger partial charge in [-0.15, -0.1) is 0 Å². The molecule has 0 aliphatic rings. The van der Waals surface area contributed by atoms with Crippen LogP contribution in [0.2, 0.25) is 0 Å². The van der Waals surface area contributed by atoms with Crippen LogP contribution in [0.5, 0.6) is 17.2 Å². The summed E-state index contributed by atoms with van der Waals surface area (Å²) in [5.41, 5.74) is 0.604. The molecule has 0 unspecified atom stereocenters.